The van der Waals surface area contributed by atoms with Crippen molar-refractivity contribution in [2.75, 3.05) is 19.6 Å². The lowest BCUT2D eigenvalue weighted by molar-refractivity contribution is -0.0485. The van der Waals surface area contributed by atoms with Crippen LogP contribution < -0.4 is 0 Å². The summed E-state index contributed by atoms with van der Waals surface area (Å²) in [6.45, 7) is -0.679. The molecule has 1 aromatic carbocycles. The maximum atomic E-state index is 13.0. The predicted molar refractivity (Wildman–Crippen MR) is 85.9 cm³/mol. The third-order valence-electron chi connectivity index (χ3n) is 5.40. The summed E-state index contributed by atoms with van der Waals surface area (Å²) in [5, 5.41) is 0. The van der Waals surface area contributed by atoms with Gasteiger partial charge in [-0.25, -0.2) is 16.8 Å². The minimum atomic E-state index is -5.50. The molecule has 11 heteroatoms. The highest BCUT2D eigenvalue weighted by Crippen LogP contribution is 2.52. The zero-order chi connectivity index (χ0) is 19.0. The highest BCUT2D eigenvalue weighted by atomic mass is 32.2. The first-order valence-corrected chi connectivity index (χ1v) is 11.1. The number of hydrogen-bond acceptors (Lipinski definition) is 4. The van der Waals surface area contributed by atoms with Crippen LogP contribution in [0.25, 0.3) is 0 Å². The number of nitrogens with zero attached hydrogens (tertiary/aromatic N) is 2. The topological polar surface area (TPSA) is 74.8 Å². The molecule has 26 heavy (non-hydrogen) atoms. The number of benzene rings is 1. The zero-order valence-corrected chi connectivity index (χ0v) is 15.2. The van der Waals surface area contributed by atoms with Gasteiger partial charge in [-0.1, -0.05) is 18.2 Å². The van der Waals surface area contributed by atoms with Crippen LogP contribution in [-0.4, -0.2) is 50.6 Å². The Hall–Kier alpha value is -1.17. The van der Waals surface area contributed by atoms with Gasteiger partial charge in [0.05, 0.1) is 10.4 Å². The minimum Gasteiger partial charge on any atom is -0.207 e. The Morgan fingerprint density at radius 2 is 1.85 bits per heavy atom. The van der Waals surface area contributed by atoms with Crippen LogP contribution in [0, 0.1) is 5.92 Å². The lowest BCUT2D eigenvalue weighted by atomic mass is 9.89. The van der Waals surface area contributed by atoms with Gasteiger partial charge in [0.15, 0.2) is 0 Å². The largest absolute Gasteiger partial charge is 0.511 e. The molecule has 0 amide bonds. The molecular weight excluding hydrogens is 393 g/mol. The lowest BCUT2D eigenvalue weighted by Gasteiger charge is -2.34. The van der Waals surface area contributed by atoms with E-state index in [0.717, 1.165) is 12.8 Å². The van der Waals surface area contributed by atoms with E-state index in [1.165, 1.54) is 10.4 Å². The van der Waals surface area contributed by atoms with Crippen molar-refractivity contribution in [1.82, 2.24) is 8.61 Å². The molecule has 2 aliphatic heterocycles. The van der Waals surface area contributed by atoms with Crippen LogP contribution in [0.4, 0.5) is 13.2 Å². The van der Waals surface area contributed by atoms with Crippen molar-refractivity contribution >= 4 is 20.0 Å². The van der Waals surface area contributed by atoms with Crippen LogP contribution in [0.1, 0.15) is 24.8 Å². The van der Waals surface area contributed by atoms with Gasteiger partial charge in [-0.05, 0) is 36.8 Å². The molecule has 6 nitrogen and oxygen atoms in total. The molecule has 1 saturated carbocycles. The van der Waals surface area contributed by atoms with E-state index in [-0.39, 0.29) is 30.3 Å². The van der Waals surface area contributed by atoms with Crippen LogP contribution in [0.3, 0.4) is 0 Å². The third-order valence-corrected chi connectivity index (χ3v) is 8.97. The van der Waals surface area contributed by atoms with E-state index in [9.17, 15) is 30.0 Å². The smallest absolute Gasteiger partial charge is 0.207 e. The van der Waals surface area contributed by atoms with Crippen LogP contribution >= 0.6 is 0 Å². The van der Waals surface area contributed by atoms with Crippen molar-refractivity contribution in [3.05, 3.63) is 29.8 Å². The van der Waals surface area contributed by atoms with E-state index in [2.05, 4.69) is 0 Å². The molecule has 1 spiro atoms. The summed E-state index contributed by atoms with van der Waals surface area (Å²) in [5.74, 6) is 0.171. The SMILES string of the molecule is O=S1(=O)c2ccccc2[C@]2(CCN(S(=O)(=O)C(F)(F)F)C2)N1CC1CC1. The van der Waals surface area contributed by atoms with Crippen LogP contribution in [0.15, 0.2) is 29.2 Å². The van der Waals surface area contributed by atoms with Gasteiger partial charge in [-0.2, -0.15) is 21.8 Å². The van der Waals surface area contributed by atoms with Gasteiger partial charge in [0, 0.05) is 19.6 Å². The van der Waals surface area contributed by atoms with Gasteiger partial charge in [0.1, 0.15) is 0 Å². The zero-order valence-electron chi connectivity index (χ0n) is 13.6. The van der Waals surface area contributed by atoms with E-state index in [0.29, 0.717) is 9.87 Å². The van der Waals surface area contributed by atoms with Crippen molar-refractivity contribution in [2.45, 2.75) is 35.2 Å². The first-order chi connectivity index (χ1) is 12.0. The summed E-state index contributed by atoms with van der Waals surface area (Å²) in [4.78, 5) is 0.0620. The summed E-state index contributed by atoms with van der Waals surface area (Å²) >= 11 is 0. The molecular formula is C15H17F3N2O4S2. The fourth-order valence-electron chi connectivity index (χ4n) is 3.90. The van der Waals surface area contributed by atoms with Crippen LogP contribution in [0.5, 0.6) is 0 Å². The molecule has 0 unspecified atom stereocenters. The average molecular weight is 410 g/mol. The lowest BCUT2D eigenvalue weighted by Crippen LogP contribution is -2.48. The first kappa shape index (κ1) is 18.2. The van der Waals surface area contributed by atoms with Gasteiger partial charge >= 0.3 is 15.5 Å². The Bertz CT molecular complexity index is 957. The third kappa shape index (κ3) is 2.44. The van der Waals surface area contributed by atoms with E-state index in [4.69, 9.17) is 0 Å². The summed E-state index contributed by atoms with van der Waals surface area (Å²) in [6, 6.07) is 6.19. The summed E-state index contributed by atoms with van der Waals surface area (Å²) in [5.41, 5.74) is -6.28. The number of rotatable bonds is 3. The number of alkyl halides is 3. The molecule has 144 valence electrons. The van der Waals surface area contributed by atoms with Gasteiger partial charge in [-0.3, -0.25) is 0 Å². The molecule has 0 radical (unpaired) electrons. The fraction of sp³-hybridized carbons (Fsp3) is 0.600. The van der Waals surface area contributed by atoms with Crippen molar-refractivity contribution in [3.63, 3.8) is 0 Å². The second kappa shape index (κ2) is 5.43. The molecule has 4 rings (SSSR count). The van der Waals surface area contributed by atoms with Crippen molar-refractivity contribution in [3.8, 4) is 0 Å². The highest BCUT2D eigenvalue weighted by molar-refractivity contribution is 7.90. The number of halogens is 3. The average Bonchev–Trinajstić information content (AvgIpc) is 3.23. The second-order valence-electron chi connectivity index (χ2n) is 7.04. The molecule has 3 aliphatic rings. The number of hydrogen-bond donors (Lipinski definition) is 0. The van der Waals surface area contributed by atoms with Gasteiger partial charge in [-0.15, -0.1) is 0 Å². The highest BCUT2D eigenvalue weighted by Gasteiger charge is 2.62. The maximum absolute atomic E-state index is 13.0. The Kier molecular flexibility index (Phi) is 3.80. The van der Waals surface area contributed by atoms with E-state index in [1.54, 1.807) is 18.2 Å². The molecule has 2 heterocycles. The van der Waals surface area contributed by atoms with E-state index < -0.39 is 37.6 Å². The molecule has 1 saturated heterocycles. The second-order valence-corrected chi connectivity index (χ2v) is 10.8. The quantitative estimate of drug-likeness (QED) is 0.762. The summed E-state index contributed by atoms with van der Waals surface area (Å²) in [6.07, 6.45) is 1.73. The Morgan fingerprint density at radius 3 is 2.46 bits per heavy atom. The normalized spacial score (nSPS) is 29.3. The maximum Gasteiger partial charge on any atom is 0.511 e. The van der Waals surface area contributed by atoms with Crippen molar-refractivity contribution in [2.24, 2.45) is 5.92 Å². The monoisotopic (exact) mass is 410 g/mol. The predicted octanol–water partition coefficient (Wildman–Crippen LogP) is 1.85. The summed E-state index contributed by atoms with van der Waals surface area (Å²) < 4.78 is 90.2. The molecule has 0 N–H and O–H groups in total. The summed E-state index contributed by atoms with van der Waals surface area (Å²) in [7, 11) is -9.37. The van der Waals surface area contributed by atoms with Crippen molar-refractivity contribution in [1.29, 1.82) is 0 Å². The molecule has 0 bridgehead atoms. The van der Waals surface area contributed by atoms with Gasteiger partial charge < -0.3 is 0 Å². The van der Waals surface area contributed by atoms with Crippen LogP contribution in [0.2, 0.25) is 0 Å². The van der Waals surface area contributed by atoms with Crippen LogP contribution in [-0.2, 0) is 25.6 Å². The molecule has 2 fully saturated rings. The number of fused-ring (bicyclic) bond motifs is 2. The molecule has 1 aliphatic carbocycles. The number of sulfonamides is 2. The van der Waals surface area contributed by atoms with Gasteiger partial charge in [0.25, 0.3) is 0 Å². The van der Waals surface area contributed by atoms with Crippen molar-refractivity contribution < 1.29 is 30.0 Å². The van der Waals surface area contributed by atoms with E-state index in [1.807, 2.05) is 0 Å². The van der Waals surface area contributed by atoms with Gasteiger partial charge in [0.2, 0.25) is 10.0 Å². The standard InChI is InChI=1S/C15H17F3N2O4S2/c16-15(17,18)26(23,24)19-8-7-14(10-19)12-3-1-2-4-13(12)25(21,22)20(14)9-11-5-6-11/h1-4,11H,5-10H2/t14-/m1/s1. The Labute approximate surface area is 149 Å². The fourth-order valence-corrected chi connectivity index (χ4v) is 7.05. The van der Waals surface area contributed by atoms with E-state index >= 15 is 0 Å². The Morgan fingerprint density at radius 1 is 1.19 bits per heavy atom. The molecule has 0 aromatic heterocycles. The molecule has 1 atom stereocenters. The minimum absolute atomic E-state index is 0.00523. The first-order valence-electron chi connectivity index (χ1n) is 8.19. The molecule has 1 aromatic rings. The Balaban J connectivity index is 1.81.